The highest BCUT2D eigenvalue weighted by molar-refractivity contribution is 5.21. The first kappa shape index (κ1) is 5.52. The summed E-state index contributed by atoms with van der Waals surface area (Å²) in [6, 6.07) is 0. The molecule has 2 rings (SSSR count). The first-order valence-electron chi connectivity index (χ1n) is 3.92. The third-order valence-electron chi connectivity index (χ3n) is 3.19. The van der Waals surface area contributed by atoms with Crippen molar-refractivity contribution < 1.29 is 0 Å². The topological polar surface area (TPSA) is 0 Å². The number of hydrogen-bond acceptors (Lipinski definition) is 0. The largest absolute Gasteiger partial charge is 0.0877 e. The first-order valence-corrected chi connectivity index (χ1v) is 3.92. The van der Waals surface area contributed by atoms with E-state index in [-0.39, 0.29) is 0 Å². The zero-order chi connectivity index (χ0) is 6.48. The third-order valence-corrected chi connectivity index (χ3v) is 3.19. The Balaban J connectivity index is 2.15. The fourth-order valence-electron chi connectivity index (χ4n) is 2.20. The molecule has 0 aliphatic heterocycles. The average molecular weight is 122 g/mol. The van der Waals surface area contributed by atoms with Crippen LogP contribution >= 0.6 is 0 Å². The van der Waals surface area contributed by atoms with E-state index in [1.807, 2.05) is 0 Å². The Bertz CT molecular complexity index is 155. The van der Waals surface area contributed by atoms with Crippen molar-refractivity contribution in [3.63, 3.8) is 0 Å². The molecule has 0 amide bonds. The molecule has 1 saturated carbocycles. The molecule has 0 bridgehead atoms. The van der Waals surface area contributed by atoms with Crippen LogP contribution in [0.2, 0.25) is 0 Å². The van der Waals surface area contributed by atoms with Crippen LogP contribution in [0.25, 0.3) is 0 Å². The highest BCUT2D eigenvalue weighted by Crippen LogP contribution is 2.64. The van der Waals surface area contributed by atoms with Gasteiger partial charge in [-0.3, -0.25) is 0 Å². The maximum Gasteiger partial charge on any atom is -0.0166 e. The molecule has 0 heterocycles. The van der Waals surface area contributed by atoms with E-state index in [9.17, 15) is 0 Å². The van der Waals surface area contributed by atoms with Crippen LogP contribution in [-0.2, 0) is 0 Å². The maximum atomic E-state index is 2.40. The summed E-state index contributed by atoms with van der Waals surface area (Å²) in [7, 11) is 0. The second-order valence-electron chi connectivity index (χ2n) is 3.83. The third kappa shape index (κ3) is 0.540. The van der Waals surface area contributed by atoms with Gasteiger partial charge in [0, 0.05) is 0 Å². The summed E-state index contributed by atoms with van der Waals surface area (Å²) in [6.45, 7) is 4.71. The van der Waals surface area contributed by atoms with Gasteiger partial charge in [0.05, 0.1) is 0 Å². The van der Waals surface area contributed by atoms with Crippen molar-refractivity contribution in [2.24, 2.45) is 17.3 Å². The lowest BCUT2D eigenvalue weighted by Gasteiger charge is -2.15. The summed E-state index contributed by atoms with van der Waals surface area (Å²) in [5, 5.41) is 0. The van der Waals surface area contributed by atoms with Crippen LogP contribution in [0.15, 0.2) is 12.2 Å². The predicted octanol–water partition coefficient (Wildman–Crippen LogP) is 2.61. The van der Waals surface area contributed by atoms with Gasteiger partial charge < -0.3 is 0 Å². The summed E-state index contributed by atoms with van der Waals surface area (Å²) in [6.07, 6.45) is 7.59. The molecular formula is C9H14. The monoisotopic (exact) mass is 122 g/mol. The summed E-state index contributed by atoms with van der Waals surface area (Å²) in [5.41, 5.74) is 0.750. The summed E-state index contributed by atoms with van der Waals surface area (Å²) < 4.78 is 0. The molecule has 0 heteroatoms. The molecule has 0 radical (unpaired) electrons. The molecule has 0 spiro atoms. The molecule has 2 aliphatic rings. The van der Waals surface area contributed by atoms with Crippen LogP contribution in [0, 0.1) is 17.3 Å². The van der Waals surface area contributed by atoms with E-state index in [1.54, 1.807) is 0 Å². The van der Waals surface area contributed by atoms with Crippen molar-refractivity contribution >= 4 is 0 Å². The fraction of sp³-hybridized carbons (Fsp3) is 0.778. The Hall–Kier alpha value is -0.260. The summed E-state index contributed by atoms with van der Waals surface area (Å²) >= 11 is 0. The number of fused-ring (bicyclic) bond motifs is 1. The average Bonchev–Trinajstić information content (AvgIpc) is 2.38. The van der Waals surface area contributed by atoms with Crippen LogP contribution in [0.3, 0.4) is 0 Å². The molecule has 0 aromatic heterocycles. The van der Waals surface area contributed by atoms with Gasteiger partial charge in [0.25, 0.3) is 0 Å². The fourth-order valence-corrected chi connectivity index (χ4v) is 2.20. The van der Waals surface area contributed by atoms with Gasteiger partial charge in [-0.25, -0.2) is 0 Å². The van der Waals surface area contributed by atoms with Crippen molar-refractivity contribution in [2.45, 2.75) is 26.7 Å². The van der Waals surface area contributed by atoms with E-state index in [1.165, 1.54) is 12.8 Å². The normalized spacial score (nSPS) is 45.9. The lowest BCUT2D eigenvalue weighted by Crippen LogP contribution is -2.07. The van der Waals surface area contributed by atoms with Crippen molar-refractivity contribution in [3.8, 4) is 0 Å². The SMILES string of the molecule is CC(C)C12CC=CC1C2. The predicted molar refractivity (Wildman–Crippen MR) is 39.1 cm³/mol. The van der Waals surface area contributed by atoms with Gasteiger partial charge in [-0.1, -0.05) is 26.0 Å². The van der Waals surface area contributed by atoms with Crippen LogP contribution in [0.5, 0.6) is 0 Å². The van der Waals surface area contributed by atoms with Crippen LogP contribution in [0.1, 0.15) is 26.7 Å². The van der Waals surface area contributed by atoms with Gasteiger partial charge in [0.15, 0.2) is 0 Å². The Kier molecular flexibility index (Phi) is 0.870. The molecule has 50 valence electrons. The molecule has 9 heavy (non-hydrogen) atoms. The molecule has 2 aliphatic carbocycles. The zero-order valence-corrected chi connectivity index (χ0v) is 6.22. The van der Waals surface area contributed by atoms with E-state index in [4.69, 9.17) is 0 Å². The van der Waals surface area contributed by atoms with Gasteiger partial charge >= 0.3 is 0 Å². The van der Waals surface area contributed by atoms with Crippen molar-refractivity contribution in [2.75, 3.05) is 0 Å². The van der Waals surface area contributed by atoms with Crippen molar-refractivity contribution in [1.82, 2.24) is 0 Å². The van der Waals surface area contributed by atoms with Gasteiger partial charge in [-0.05, 0) is 30.1 Å². The minimum atomic E-state index is 0.750. The van der Waals surface area contributed by atoms with Crippen molar-refractivity contribution in [3.05, 3.63) is 12.2 Å². The van der Waals surface area contributed by atoms with Gasteiger partial charge in [-0.2, -0.15) is 0 Å². The van der Waals surface area contributed by atoms with Gasteiger partial charge in [-0.15, -0.1) is 0 Å². The molecule has 0 aromatic carbocycles. The van der Waals surface area contributed by atoms with Crippen LogP contribution in [-0.4, -0.2) is 0 Å². The van der Waals surface area contributed by atoms with Crippen molar-refractivity contribution in [1.29, 1.82) is 0 Å². The standard InChI is InChI=1S/C9H14/c1-7(2)9-5-3-4-8(9)6-9/h3-4,7-8H,5-6H2,1-2H3. The lowest BCUT2D eigenvalue weighted by atomic mass is 9.90. The molecule has 0 nitrogen and oxygen atoms in total. The Labute approximate surface area is 57.0 Å². The van der Waals surface area contributed by atoms with E-state index in [0.717, 1.165) is 17.3 Å². The number of hydrogen-bond donors (Lipinski definition) is 0. The Morgan fingerprint density at radius 3 is 2.56 bits per heavy atom. The van der Waals surface area contributed by atoms with E-state index >= 15 is 0 Å². The summed E-state index contributed by atoms with van der Waals surface area (Å²) in [4.78, 5) is 0. The smallest absolute Gasteiger partial charge is 0.0166 e. The molecular weight excluding hydrogens is 108 g/mol. The van der Waals surface area contributed by atoms with E-state index in [0.29, 0.717) is 0 Å². The zero-order valence-electron chi connectivity index (χ0n) is 6.22. The van der Waals surface area contributed by atoms with Gasteiger partial charge in [0.1, 0.15) is 0 Å². The van der Waals surface area contributed by atoms with E-state index in [2.05, 4.69) is 26.0 Å². The molecule has 0 N–H and O–H groups in total. The second-order valence-corrected chi connectivity index (χ2v) is 3.83. The van der Waals surface area contributed by atoms with Gasteiger partial charge in [0.2, 0.25) is 0 Å². The lowest BCUT2D eigenvalue weighted by molar-refractivity contribution is 0.356. The second kappa shape index (κ2) is 1.42. The molecule has 2 atom stereocenters. The van der Waals surface area contributed by atoms with Crippen LogP contribution < -0.4 is 0 Å². The van der Waals surface area contributed by atoms with E-state index < -0.39 is 0 Å². The Morgan fingerprint density at radius 2 is 2.33 bits per heavy atom. The minimum Gasteiger partial charge on any atom is -0.0877 e. The minimum absolute atomic E-state index is 0.750. The van der Waals surface area contributed by atoms with Crippen LogP contribution in [0.4, 0.5) is 0 Å². The summed E-state index contributed by atoms with van der Waals surface area (Å²) in [5.74, 6) is 1.87. The molecule has 0 saturated heterocycles. The molecule has 1 fully saturated rings. The number of rotatable bonds is 1. The highest BCUT2D eigenvalue weighted by Gasteiger charge is 2.55. The molecule has 2 unspecified atom stereocenters. The highest BCUT2D eigenvalue weighted by atomic mass is 14.6. The Morgan fingerprint density at radius 1 is 1.56 bits per heavy atom. The quantitative estimate of drug-likeness (QED) is 0.469. The maximum absolute atomic E-state index is 2.40. The molecule has 0 aromatic rings. The number of allylic oxidation sites excluding steroid dienone is 2. The first-order chi connectivity index (χ1) is 4.26.